The zero-order valence-electron chi connectivity index (χ0n) is 12.7. The summed E-state index contributed by atoms with van der Waals surface area (Å²) in [6, 6.07) is 16.6. The molecule has 0 amide bonds. The summed E-state index contributed by atoms with van der Waals surface area (Å²) in [4.78, 5) is 0.235. The number of rotatable bonds is 8. The largest absolute Gasteiger partial charge is 0.396 e. The maximum absolute atomic E-state index is 12.3. The lowest BCUT2D eigenvalue weighted by Gasteiger charge is -2.17. The summed E-state index contributed by atoms with van der Waals surface area (Å²) in [5, 5.41) is 9.23. The highest BCUT2D eigenvalue weighted by Gasteiger charge is 2.18. The number of aliphatic hydroxyl groups is 1. The van der Waals surface area contributed by atoms with Crippen molar-refractivity contribution in [2.75, 3.05) is 13.2 Å². The Morgan fingerprint density at radius 1 is 1.00 bits per heavy atom. The van der Waals surface area contributed by atoms with Crippen molar-refractivity contribution in [3.05, 3.63) is 64.6 Å². The van der Waals surface area contributed by atoms with E-state index in [1.807, 2.05) is 30.3 Å². The molecule has 0 bridgehead atoms. The number of halogens is 1. The molecule has 0 aliphatic heterocycles. The second-order valence-corrected chi connectivity index (χ2v) is 7.83. The van der Waals surface area contributed by atoms with Crippen molar-refractivity contribution < 1.29 is 13.5 Å². The summed E-state index contributed by atoms with van der Waals surface area (Å²) in [7, 11) is -3.54. The second-order valence-electron chi connectivity index (χ2n) is 5.24. The molecule has 0 aliphatic rings. The molecule has 23 heavy (non-hydrogen) atoms. The Morgan fingerprint density at radius 3 is 2.30 bits per heavy atom. The van der Waals surface area contributed by atoms with Crippen LogP contribution in [0.5, 0.6) is 0 Å². The van der Waals surface area contributed by atoms with Gasteiger partial charge in [0.05, 0.1) is 4.90 Å². The van der Waals surface area contributed by atoms with Crippen molar-refractivity contribution in [2.45, 2.75) is 23.7 Å². The van der Waals surface area contributed by atoms with Gasteiger partial charge in [-0.15, -0.1) is 0 Å². The van der Waals surface area contributed by atoms with Crippen molar-refractivity contribution in [1.29, 1.82) is 0 Å². The number of hydrogen-bond donors (Lipinski definition) is 2. The van der Waals surface area contributed by atoms with Crippen molar-refractivity contribution in [1.82, 2.24) is 4.72 Å². The molecule has 0 aliphatic carbocycles. The summed E-state index contributed by atoms with van der Waals surface area (Å²) in [6.07, 6.45) is 1.25. The molecule has 4 nitrogen and oxygen atoms in total. The number of sulfonamides is 1. The normalized spacial score (nSPS) is 13.0. The fourth-order valence-corrected chi connectivity index (χ4v) is 4.52. The average Bonchev–Trinajstić information content (AvgIpc) is 2.55. The quantitative estimate of drug-likeness (QED) is 0.717. The molecule has 0 heterocycles. The minimum absolute atomic E-state index is 0.0799. The van der Waals surface area contributed by atoms with Gasteiger partial charge >= 0.3 is 0 Å². The first-order chi connectivity index (χ1) is 11.0. The van der Waals surface area contributed by atoms with Gasteiger partial charge in [-0.2, -0.15) is 0 Å². The number of nitrogens with one attached hydrogen (secondary N) is 1. The SMILES string of the molecule is O=S(=O)(NCC[C@H](CCO)c1ccccc1)c1ccccc1Br. The Kier molecular flexibility index (Phi) is 6.77. The van der Waals surface area contributed by atoms with Crippen LogP contribution in [0.3, 0.4) is 0 Å². The minimum Gasteiger partial charge on any atom is -0.396 e. The molecule has 0 aromatic heterocycles. The van der Waals surface area contributed by atoms with Crippen molar-refractivity contribution in [2.24, 2.45) is 0 Å². The van der Waals surface area contributed by atoms with Crippen LogP contribution in [-0.4, -0.2) is 26.7 Å². The topological polar surface area (TPSA) is 66.4 Å². The van der Waals surface area contributed by atoms with Gasteiger partial charge in [-0.1, -0.05) is 42.5 Å². The molecule has 0 saturated carbocycles. The Bertz CT molecular complexity index is 720. The molecule has 2 N–H and O–H groups in total. The lowest BCUT2D eigenvalue weighted by molar-refractivity contribution is 0.273. The number of benzene rings is 2. The monoisotopic (exact) mass is 397 g/mol. The van der Waals surface area contributed by atoms with Crippen molar-refractivity contribution >= 4 is 26.0 Å². The lowest BCUT2D eigenvalue weighted by Crippen LogP contribution is -2.26. The first-order valence-electron chi connectivity index (χ1n) is 7.44. The predicted octanol–water partition coefficient (Wildman–Crippen LogP) is 3.28. The highest BCUT2D eigenvalue weighted by Crippen LogP contribution is 2.24. The zero-order chi connectivity index (χ0) is 16.7. The van der Waals surface area contributed by atoms with E-state index in [2.05, 4.69) is 20.7 Å². The molecular weight excluding hydrogens is 378 g/mol. The minimum atomic E-state index is -3.54. The van der Waals surface area contributed by atoms with Gasteiger partial charge in [-0.25, -0.2) is 13.1 Å². The molecule has 0 unspecified atom stereocenters. The van der Waals surface area contributed by atoms with Gasteiger partial charge in [-0.3, -0.25) is 0 Å². The molecule has 0 fully saturated rings. The van der Waals surface area contributed by atoms with Crippen molar-refractivity contribution in [3.8, 4) is 0 Å². The molecule has 2 aromatic rings. The van der Waals surface area contributed by atoms with E-state index in [9.17, 15) is 13.5 Å². The third-order valence-corrected chi connectivity index (χ3v) is 6.13. The molecule has 1 atom stereocenters. The third-order valence-electron chi connectivity index (χ3n) is 3.66. The molecule has 124 valence electrons. The van der Waals surface area contributed by atoms with Gasteiger partial charge in [0.1, 0.15) is 0 Å². The molecule has 2 rings (SSSR count). The summed E-state index contributed by atoms with van der Waals surface area (Å²) < 4.78 is 27.9. The van der Waals surface area contributed by atoms with Gasteiger partial charge in [0.2, 0.25) is 10.0 Å². The maximum atomic E-state index is 12.3. The Hall–Kier alpha value is -1.21. The lowest BCUT2D eigenvalue weighted by atomic mass is 9.93. The van der Waals surface area contributed by atoms with E-state index in [1.54, 1.807) is 24.3 Å². The summed E-state index contributed by atoms with van der Waals surface area (Å²) >= 11 is 3.26. The molecule has 0 saturated heterocycles. The molecule has 2 aromatic carbocycles. The van der Waals surface area contributed by atoms with Gasteiger partial charge in [0.25, 0.3) is 0 Å². The van der Waals surface area contributed by atoms with Crippen LogP contribution in [0.15, 0.2) is 64.0 Å². The smallest absolute Gasteiger partial charge is 0.241 e. The standard InChI is InChI=1S/C17H20BrNO3S/c18-16-8-4-5-9-17(16)23(21,22)19-12-10-15(11-13-20)14-6-2-1-3-7-14/h1-9,15,19-20H,10-13H2/t15-/m1/s1. The van der Waals surface area contributed by atoms with Crippen LogP contribution < -0.4 is 4.72 Å². The summed E-state index contributed by atoms with van der Waals surface area (Å²) in [5.41, 5.74) is 1.11. The van der Waals surface area contributed by atoms with Crippen LogP contribution >= 0.6 is 15.9 Å². The van der Waals surface area contributed by atoms with Crippen LogP contribution in [0.2, 0.25) is 0 Å². The molecule has 6 heteroatoms. The van der Waals surface area contributed by atoms with Gasteiger partial charge < -0.3 is 5.11 Å². The average molecular weight is 398 g/mol. The summed E-state index contributed by atoms with van der Waals surface area (Å²) in [5.74, 6) is 0.128. The molecular formula is C17H20BrNO3S. The first-order valence-corrected chi connectivity index (χ1v) is 9.72. The van der Waals surface area contributed by atoms with Crippen LogP contribution in [-0.2, 0) is 10.0 Å². The molecule has 0 radical (unpaired) electrons. The second kappa shape index (κ2) is 8.59. The zero-order valence-corrected chi connectivity index (χ0v) is 15.1. The van der Waals surface area contributed by atoms with Gasteiger partial charge in [0.15, 0.2) is 0 Å². The van der Waals surface area contributed by atoms with Gasteiger partial charge in [0, 0.05) is 17.6 Å². The van der Waals surface area contributed by atoms with E-state index < -0.39 is 10.0 Å². The number of aliphatic hydroxyl groups excluding tert-OH is 1. The van der Waals surface area contributed by atoms with E-state index >= 15 is 0 Å². The maximum Gasteiger partial charge on any atom is 0.241 e. The fraction of sp³-hybridized carbons (Fsp3) is 0.294. The Morgan fingerprint density at radius 2 is 1.65 bits per heavy atom. The van der Waals surface area contributed by atoms with Crippen molar-refractivity contribution in [3.63, 3.8) is 0 Å². The van der Waals surface area contributed by atoms with E-state index in [-0.39, 0.29) is 17.4 Å². The highest BCUT2D eigenvalue weighted by atomic mass is 79.9. The van der Waals surface area contributed by atoms with E-state index in [0.29, 0.717) is 23.9 Å². The van der Waals surface area contributed by atoms with E-state index in [0.717, 1.165) is 5.56 Å². The number of hydrogen-bond acceptors (Lipinski definition) is 3. The first kappa shape index (κ1) is 18.1. The van der Waals surface area contributed by atoms with E-state index in [1.165, 1.54) is 0 Å². The Balaban J connectivity index is 2.01. The van der Waals surface area contributed by atoms with Crippen LogP contribution in [0.1, 0.15) is 24.3 Å². The van der Waals surface area contributed by atoms with E-state index in [4.69, 9.17) is 0 Å². The summed E-state index contributed by atoms with van der Waals surface area (Å²) in [6.45, 7) is 0.403. The highest BCUT2D eigenvalue weighted by molar-refractivity contribution is 9.10. The third kappa shape index (κ3) is 5.14. The van der Waals surface area contributed by atoms with Gasteiger partial charge in [-0.05, 0) is 52.4 Å². The van der Waals surface area contributed by atoms with Crippen LogP contribution in [0.4, 0.5) is 0 Å². The van der Waals surface area contributed by atoms with Crippen LogP contribution in [0, 0.1) is 0 Å². The fourth-order valence-electron chi connectivity index (χ4n) is 2.47. The van der Waals surface area contributed by atoms with Crippen LogP contribution in [0.25, 0.3) is 0 Å². The molecule has 0 spiro atoms. The predicted molar refractivity (Wildman–Crippen MR) is 94.8 cm³/mol. The Labute approximate surface area is 145 Å².